The van der Waals surface area contributed by atoms with E-state index < -0.39 is 0 Å². The quantitative estimate of drug-likeness (QED) is 0.695. The number of nitrogens with one attached hydrogen (secondary N) is 1. The summed E-state index contributed by atoms with van der Waals surface area (Å²) < 4.78 is 1.14. The highest BCUT2D eigenvalue weighted by molar-refractivity contribution is 7.25. The van der Waals surface area contributed by atoms with E-state index in [1.165, 1.54) is 12.8 Å². The van der Waals surface area contributed by atoms with Crippen LogP contribution < -0.4 is 5.32 Å². The molecule has 4 rings (SSSR count). The molecule has 0 aliphatic heterocycles. The maximum atomic E-state index is 11.8. The molecule has 0 spiro atoms. The standard InChI is InChI=1S/C20H24N4OS/c1-12(25)13-4-9-17-16(10-13)18-19(21-11-22-20(18)26-17)23-14-5-7-15(8-6-14)24(2)3/h4,9-11,14-15H,5-8H2,1-3H3,(H,21,22,23). The van der Waals surface area contributed by atoms with Crippen molar-refractivity contribution in [1.29, 1.82) is 0 Å². The van der Waals surface area contributed by atoms with E-state index in [1.54, 1.807) is 24.6 Å². The molecule has 0 radical (unpaired) electrons. The Morgan fingerprint density at radius 3 is 2.65 bits per heavy atom. The van der Waals surface area contributed by atoms with Gasteiger partial charge in [0.2, 0.25) is 0 Å². The topological polar surface area (TPSA) is 58.1 Å². The molecule has 1 saturated carbocycles. The summed E-state index contributed by atoms with van der Waals surface area (Å²) in [6, 6.07) is 7.01. The summed E-state index contributed by atoms with van der Waals surface area (Å²) in [6.45, 7) is 1.61. The molecule has 3 aromatic rings. The zero-order valence-electron chi connectivity index (χ0n) is 15.5. The number of ketones is 1. The van der Waals surface area contributed by atoms with Crippen molar-refractivity contribution in [1.82, 2.24) is 14.9 Å². The minimum atomic E-state index is 0.0830. The van der Waals surface area contributed by atoms with Crippen LogP contribution in [0.25, 0.3) is 20.3 Å². The van der Waals surface area contributed by atoms with Crippen molar-refractivity contribution in [3.05, 3.63) is 30.1 Å². The summed E-state index contributed by atoms with van der Waals surface area (Å²) in [4.78, 5) is 24.1. The number of benzene rings is 1. The largest absolute Gasteiger partial charge is 0.367 e. The number of carbonyl (C=O) groups is 1. The van der Waals surface area contributed by atoms with Gasteiger partial charge < -0.3 is 10.2 Å². The molecule has 2 heterocycles. The average Bonchev–Trinajstić information content (AvgIpc) is 3.00. The highest BCUT2D eigenvalue weighted by atomic mass is 32.1. The SMILES string of the molecule is CC(=O)c1ccc2sc3ncnc(NC4CCC(N(C)C)CC4)c3c2c1. The maximum Gasteiger partial charge on any atom is 0.159 e. The van der Waals surface area contributed by atoms with Crippen LogP contribution in [0.2, 0.25) is 0 Å². The lowest BCUT2D eigenvalue weighted by Crippen LogP contribution is -2.36. The summed E-state index contributed by atoms with van der Waals surface area (Å²) in [5.74, 6) is 0.981. The van der Waals surface area contributed by atoms with Crippen LogP contribution in [0, 0.1) is 0 Å². The third-order valence-electron chi connectivity index (χ3n) is 5.44. The van der Waals surface area contributed by atoms with Gasteiger partial charge in [-0.1, -0.05) is 0 Å². The van der Waals surface area contributed by atoms with Crippen LogP contribution >= 0.6 is 11.3 Å². The molecule has 0 amide bonds. The second-order valence-corrected chi connectivity index (χ2v) is 8.42. The summed E-state index contributed by atoms with van der Waals surface area (Å²) in [6.07, 6.45) is 6.34. The number of nitrogens with zero attached hydrogens (tertiary/aromatic N) is 3. The normalized spacial score (nSPS) is 20.8. The number of thiophene rings is 1. The van der Waals surface area contributed by atoms with Gasteiger partial charge in [-0.2, -0.15) is 0 Å². The fraction of sp³-hybridized carbons (Fsp3) is 0.450. The van der Waals surface area contributed by atoms with E-state index in [1.807, 2.05) is 18.2 Å². The Hall–Kier alpha value is -2.05. The lowest BCUT2D eigenvalue weighted by Gasteiger charge is -2.33. The molecule has 1 fully saturated rings. The Kier molecular flexibility index (Phi) is 4.63. The molecule has 1 aliphatic rings. The van der Waals surface area contributed by atoms with Crippen molar-refractivity contribution in [2.24, 2.45) is 0 Å². The molecule has 1 aromatic carbocycles. The second-order valence-electron chi connectivity index (χ2n) is 7.39. The fourth-order valence-corrected chi connectivity index (χ4v) is 4.89. The Morgan fingerprint density at radius 1 is 1.19 bits per heavy atom. The van der Waals surface area contributed by atoms with Crippen LogP contribution in [-0.4, -0.2) is 46.8 Å². The third-order valence-corrected chi connectivity index (χ3v) is 6.52. The van der Waals surface area contributed by atoms with Crippen LogP contribution in [0.15, 0.2) is 24.5 Å². The number of fused-ring (bicyclic) bond motifs is 3. The number of anilines is 1. The smallest absolute Gasteiger partial charge is 0.159 e. The number of rotatable bonds is 4. The molecular formula is C20H24N4OS. The molecular weight excluding hydrogens is 344 g/mol. The Morgan fingerprint density at radius 2 is 1.96 bits per heavy atom. The van der Waals surface area contributed by atoms with E-state index in [4.69, 9.17) is 0 Å². The van der Waals surface area contributed by atoms with E-state index in [0.29, 0.717) is 12.1 Å². The highest BCUT2D eigenvalue weighted by Crippen LogP contribution is 2.37. The maximum absolute atomic E-state index is 11.8. The van der Waals surface area contributed by atoms with Crippen molar-refractivity contribution in [2.45, 2.75) is 44.7 Å². The van der Waals surface area contributed by atoms with Gasteiger partial charge in [-0.3, -0.25) is 4.79 Å². The fourth-order valence-electron chi connectivity index (χ4n) is 3.87. The van der Waals surface area contributed by atoms with Crippen molar-refractivity contribution < 1.29 is 4.79 Å². The van der Waals surface area contributed by atoms with Gasteiger partial charge in [0.25, 0.3) is 0 Å². The van der Waals surface area contributed by atoms with Gasteiger partial charge in [-0.25, -0.2) is 9.97 Å². The van der Waals surface area contributed by atoms with Gasteiger partial charge >= 0.3 is 0 Å². The van der Waals surface area contributed by atoms with Crippen molar-refractivity contribution >= 4 is 43.2 Å². The van der Waals surface area contributed by atoms with Gasteiger partial charge in [0.05, 0.1) is 5.39 Å². The van der Waals surface area contributed by atoms with Crippen LogP contribution in [-0.2, 0) is 0 Å². The summed E-state index contributed by atoms with van der Waals surface area (Å²) in [7, 11) is 4.33. The van der Waals surface area contributed by atoms with Gasteiger partial charge in [0.15, 0.2) is 5.78 Å². The molecule has 0 bridgehead atoms. The molecule has 26 heavy (non-hydrogen) atoms. The Bertz CT molecular complexity index is 957. The first-order chi connectivity index (χ1) is 12.5. The van der Waals surface area contributed by atoms with Crippen LogP contribution in [0.1, 0.15) is 43.0 Å². The van der Waals surface area contributed by atoms with Gasteiger partial charge in [-0.15, -0.1) is 11.3 Å². The molecule has 1 aliphatic carbocycles. The molecule has 0 unspecified atom stereocenters. The number of hydrogen-bond acceptors (Lipinski definition) is 6. The van der Waals surface area contributed by atoms with Gasteiger partial charge in [0, 0.05) is 27.7 Å². The summed E-state index contributed by atoms with van der Waals surface area (Å²) >= 11 is 1.65. The zero-order valence-corrected chi connectivity index (χ0v) is 16.3. The monoisotopic (exact) mass is 368 g/mol. The van der Waals surface area contributed by atoms with Crippen LogP contribution in [0.5, 0.6) is 0 Å². The van der Waals surface area contributed by atoms with Crippen molar-refractivity contribution in [2.75, 3.05) is 19.4 Å². The van der Waals surface area contributed by atoms with Crippen LogP contribution in [0.3, 0.4) is 0 Å². The van der Waals surface area contributed by atoms with E-state index >= 15 is 0 Å². The molecule has 2 aromatic heterocycles. The van der Waals surface area contributed by atoms with E-state index in [2.05, 4.69) is 34.3 Å². The molecule has 0 saturated heterocycles. The average molecular weight is 369 g/mol. The minimum absolute atomic E-state index is 0.0830. The number of hydrogen-bond donors (Lipinski definition) is 1. The predicted octanol–water partition coefficient (Wildman–Crippen LogP) is 4.33. The predicted molar refractivity (Wildman–Crippen MR) is 108 cm³/mol. The van der Waals surface area contributed by atoms with Gasteiger partial charge in [-0.05, 0) is 64.9 Å². The number of Topliss-reactive ketones (excluding diaryl/α,β-unsaturated/α-hetero) is 1. The van der Waals surface area contributed by atoms with E-state index in [0.717, 1.165) is 44.5 Å². The Labute approximate surface area is 157 Å². The first-order valence-electron chi connectivity index (χ1n) is 9.14. The summed E-state index contributed by atoms with van der Waals surface area (Å²) in [5.41, 5.74) is 0.735. The van der Waals surface area contributed by atoms with Crippen molar-refractivity contribution in [3.63, 3.8) is 0 Å². The molecule has 6 heteroatoms. The highest BCUT2D eigenvalue weighted by Gasteiger charge is 2.23. The zero-order chi connectivity index (χ0) is 18.3. The second kappa shape index (κ2) is 6.93. The lowest BCUT2D eigenvalue weighted by molar-refractivity contribution is 0.101. The third kappa shape index (κ3) is 3.19. The number of aromatic nitrogens is 2. The minimum Gasteiger partial charge on any atom is -0.367 e. The first kappa shape index (κ1) is 17.4. The lowest BCUT2D eigenvalue weighted by atomic mass is 9.90. The van der Waals surface area contributed by atoms with Crippen LogP contribution in [0.4, 0.5) is 5.82 Å². The molecule has 1 N–H and O–H groups in total. The van der Waals surface area contributed by atoms with E-state index in [9.17, 15) is 4.79 Å². The Balaban J connectivity index is 1.68. The number of carbonyl (C=O) groups excluding carboxylic acids is 1. The first-order valence-corrected chi connectivity index (χ1v) is 9.95. The van der Waals surface area contributed by atoms with E-state index in [-0.39, 0.29) is 5.78 Å². The van der Waals surface area contributed by atoms with Gasteiger partial charge in [0.1, 0.15) is 17.0 Å². The molecule has 0 atom stereocenters. The van der Waals surface area contributed by atoms with Crippen molar-refractivity contribution in [3.8, 4) is 0 Å². The molecule has 136 valence electrons. The molecule has 5 nitrogen and oxygen atoms in total. The summed E-state index contributed by atoms with van der Waals surface area (Å²) in [5, 5.41) is 5.78.